The molecule has 0 aliphatic rings. The van der Waals surface area contributed by atoms with E-state index in [4.69, 9.17) is 40.1 Å². The van der Waals surface area contributed by atoms with E-state index in [1.165, 1.54) is 193 Å². The van der Waals surface area contributed by atoms with Crippen LogP contribution in [-0.4, -0.2) is 115 Å². The Morgan fingerprint density at radius 1 is 0.284 bits per heavy atom. The first-order valence-electron chi connectivity index (χ1n) is 26.3. The number of hydrogen-bond acceptors (Lipinski definition) is 10. The molecule has 0 radical (unpaired) electrons. The summed E-state index contributed by atoms with van der Waals surface area (Å²) in [6, 6.07) is 0. The number of aliphatic hydroxyl groups is 6. The zero-order chi connectivity index (χ0) is 46.4. The summed E-state index contributed by atoms with van der Waals surface area (Å²) in [5.74, 6) is 1.28. The number of hydrogen-bond donors (Lipinski definition) is 6. The van der Waals surface area contributed by atoms with Crippen LogP contribution in [0.25, 0.3) is 0 Å². The summed E-state index contributed by atoms with van der Waals surface area (Å²) in [4.78, 5) is 0. The molecule has 2 unspecified atom stereocenters. The van der Waals surface area contributed by atoms with Crippen LogP contribution < -0.4 is 51.4 Å². The Balaban J connectivity index is -0.0000000647. The van der Waals surface area contributed by atoms with E-state index in [1.54, 1.807) is 0 Å². The zero-order valence-electron chi connectivity index (χ0n) is 43.6. The van der Waals surface area contributed by atoms with Crippen molar-refractivity contribution in [3.63, 3.8) is 0 Å². The van der Waals surface area contributed by atoms with E-state index in [2.05, 4.69) is 46.3 Å². The van der Waals surface area contributed by atoms with Gasteiger partial charge in [-0.15, -0.1) is 0 Å². The van der Waals surface area contributed by atoms with Crippen LogP contribution in [0.5, 0.6) is 0 Å². The van der Waals surface area contributed by atoms with Gasteiger partial charge in [0.1, 0.15) is 0 Å². The van der Waals surface area contributed by atoms with Gasteiger partial charge >= 0.3 is 51.4 Å². The Kier molecular flexibility index (Phi) is 141. The van der Waals surface area contributed by atoms with Crippen LogP contribution in [0.4, 0.5) is 0 Å². The third-order valence-corrected chi connectivity index (χ3v) is 10.5. The van der Waals surface area contributed by atoms with Crippen LogP contribution in [0.1, 0.15) is 277 Å². The fourth-order valence-electron chi connectivity index (χ4n) is 6.82. The van der Waals surface area contributed by atoms with Gasteiger partial charge in [-0.25, -0.2) is 0 Å². The first-order chi connectivity index (χ1) is 29.9. The van der Waals surface area contributed by atoms with Gasteiger partial charge in [0, 0.05) is 26.4 Å². The van der Waals surface area contributed by atoms with Gasteiger partial charge < -0.3 is 50.3 Å². The molecule has 0 saturated heterocycles. The van der Waals surface area contributed by atoms with Gasteiger partial charge in [0.2, 0.25) is 0 Å². The van der Waals surface area contributed by atoms with E-state index in [1.807, 2.05) is 0 Å². The summed E-state index contributed by atoms with van der Waals surface area (Å²) >= 11 is 0. The first kappa shape index (κ1) is 94.2. The van der Waals surface area contributed by atoms with Crippen molar-refractivity contribution in [2.24, 2.45) is 11.8 Å². The average Bonchev–Trinajstić information content (AvgIpc) is 3.27. The third-order valence-electron chi connectivity index (χ3n) is 10.5. The van der Waals surface area contributed by atoms with Gasteiger partial charge in [0.15, 0.2) is 0 Å². The van der Waals surface area contributed by atoms with Crippen molar-refractivity contribution in [2.45, 2.75) is 277 Å². The summed E-state index contributed by atoms with van der Waals surface area (Å²) in [6.45, 7) is 17.8. The first-order valence-corrected chi connectivity index (χ1v) is 26.3. The molecule has 0 aromatic carbocycles. The van der Waals surface area contributed by atoms with E-state index >= 15 is 0 Å². The second kappa shape index (κ2) is 100. The second-order valence-corrected chi connectivity index (χ2v) is 16.8. The average molecular weight is 1000 g/mol. The van der Waals surface area contributed by atoms with Crippen molar-refractivity contribution in [3.05, 3.63) is 0 Å². The molecule has 7 N–H and O–H groups in total. The molecule has 0 bridgehead atoms. The molecule has 2 atom stereocenters. The van der Waals surface area contributed by atoms with Crippen LogP contribution in [0, 0.1) is 11.8 Å². The predicted molar refractivity (Wildman–Crippen MR) is 293 cm³/mol. The second-order valence-electron chi connectivity index (χ2n) is 16.8. The minimum atomic E-state index is 0. The molecular formula is C56H131KO10. The van der Waals surface area contributed by atoms with Gasteiger partial charge in [-0.3, -0.25) is 0 Å². The number of rotatable bonds is 44. The Labute approximate surface area is 465 Å². The fraction of sp³-hybridized carbons (Fsp3) is 1.00. The van der Waals surface area contributed by atoms with Gasteiger partial charge in [-0.05, 0) is 50.4 Å². The summed E-state index contributed by atoms with van der Waals surface area (Å²) in [5, 5.41) is 50.8. The van der Waals surface area contributed by atoms with Crippen LogP contribution in [-0.2, 0) is 14.2 Å². The van der Waals surface area contributed by atoms with Crippen LogP contribution in [0.3, 0.4) is 0 Å². The molecule has 0 aromatic heterocycles. The Bertz CT molecular complexity index is 617. The third kappa shape index (κ3) is 109. The summed E-state index contributed by atoms with van der Waals surface area (Å²) in [7, 11) is 0. The van der Waals surface area contributed by atoms with Crippen LogP contribution in [0.2, 0.25) is 0 Å². The Morgan fingerprint density at radius 2 is 0.567 bits per heavy atom. The smallest absolute Gasteiger partial charge is 0.870 e. The van der Waals surface area contributed by atoms with Crippen molar-refractivity contribution in [1.29, 1.82) is 0 Å². The van der Waals surface area contributed by atoms with E-state index < -0.39 is 0 Å². The molecule has 0 fully saturated rings. The Hall–Kier alpha value is 1.24. The predicted octanol–water partition coefficient (Wildman–Crippen LogP) is 12.1. The van der Waals surface area contributed by atoms with Gasteiger partial charge in [0.25, 0.3) is 0 Å². The van der Waals surface area contributed by atoms with Gasteiger partial charge in [0.05, 0.1) is 52.9 Å². The minimum Gasteiger partial charge on any atom is -0.870 e. The van der Waals surface area contributed by atoms with E-state index in [-0.39, 0.29) is 113 Å². The molecule has 0 saturated carbocycles. The van der Waals surface area contributed by atoms with Crippen molar-refractivity contribution in [2.75, 3.05) is 79.3 Å². The summed E-state index contributed by atoms with van der Waals surface area (Å²) < 4.78 is 15.2. The standard InChI is InChI=1S/C14H30O2.C12H26O2.C12H26O.C10H22O.C4H10O3.4CH4.K.H2O/c1-2-3-4-5-6-7-8-9-10-11-13-16-14-12-15;1-3-5-6-8-12(7-4-2)11-14-10-9-13;1-2-3-4-5-6-7-8-9-10-11-12-13;1-3-5-6-8-10(9-11)7-4-2;5-1-3-7-4-2-6;;;;;;/h15H,2-14H2,1H3;12-13H,3-11H2,1-2H3;13H,2-12H2,1H3;10-11H,3-9H2,1-2H3;5-6H,1-4H2;4*1H4;;1H2/q;;;;;;;;;+1;/p-1. The summed E-state index contributed by atoms with van der Waals surface area (Å²) in [6.07, 6.45) is 42.1. The van der Waals surface area contributed by atoms with E-state index in [9.17, 15) is 0 Å². The van der Waals surface area contributed by atoms with E-state index in [0.29, 0.717) is 51.5 Å². The molecule has 416 valence electrons. The van der Waals surface area contributed by atoms with Gasteiger partial charge in [-0.2, -0.15) is 0 Å². The molecule has 11 heteroatoms. The molecule has 0 spiro atoms. The topological polar surface area (TPSA) is 179 Å². The maximum absolute atomic E-state index is 8.96. The maximum atomic E-state index is 8.96. The fourth-order valence-corrected chi connectivity index (χ4v) is 6.82. The van der Waals surface area contributed by atoms with Crippen molar-refractivity contribution < 1.29 is 102 Å². The Morgan fingerprint density at radius 3 is 0.896 bits per heavy atom. The molecule has 0 rings (SSSR count). The quantitative estimate of drug-likeness (QED) is 0.0254. The molecule has 0 heterocycles. The largest absolute Gasteiger partial charge is 1.00 e. The molecule has 0 amide bonds. The SMILES string of the molecule is C.C.C.C.CCCCCC(CCC)COCCO.CCCCCC(CO)CCC.CCCCCCCCCCCCO.CCCCCCCCCCCCOCCO.OCCOCCO.[K+].[OH-]. The number of ether oxygens (including phenoxy) is 3. The molecule has 67 heavy (non-hydrogen) atoms. The monoisotopic (exact) mass is 1000 g/mol. The van der Waals surface area contributed by atoms with Crippen molar-refractivity contribution in [3.8, 4) is 0 Å². The zero-order valence-corrected chi connectivity index (χ0v) is 46.7. The van der Waals surface area contributed by atoms with Crippen molar-refractivity contribution >= 4 is 0 Å². The molecule has 0 aromatic rings. The molecular weight excluding hydrogens is 872 g/mol. The minimum absolute atomic E-state index is 0. The molecule has 0 aliphatic heterocycles. The molecule has 10 nitrogen and oxygen atoms in total. The number of unbranched alkanes of at least 4 members (excludes halogenated alkanes) is 22. The van der Waals surface area contributed by atoms with Crippen molar-refractivity contribution in [1.82, 2.24) is 0 Å². The maximum Gasteiger partial charge on any atom is 1.00 e. The van der Waals surface area contributed by atoms with Gasteiger partial charge in [-0.1, -0.05) is 238 Å². The number of aliphatic hydroxyl groups excluding tert-OH is 6. The summed E-state index contributed by atoms with van der Waals surface area (Å²) in [5.41, 5.74) is 0. The normalized spacial score (nSPS) is 10.6. The van der Waals surface area contributed by atoms with E-state index in [0.717, 1.165) is 26.1 Å². The molecule has 0 aliphatic carbocycles. The van der Waals surface area contributed by atoms with Crippen LogP contribution >= 0.6 is 0 Å². The van der Waals surface area contributed by atoms with Crippen LogP contribution in [0.15, 0.2) is 0 Å².